The van der Waals surface area contributed by atoms with Gasteiger partial charge >= 0.3 is 5.97 Å². The first-order valence-corrected chi connectivity index (χ1v) is 19.2. The average molecular weight is 673 g/mol. The zero-order valence-corrected chi connectivity index (χ0v) is 31.2. The number of nitrogens with zero attached hydrogens (tertiary/aromatic N) is 1. The molecule has 7 aliphatic rings. The van der Waals surface area contributed by atoms with E-state index in [1.807, 2.05) is 0 Å². The summed E-state index contributed by atoms with van der Waals surface area (Å²) in [5.41, 5.74) is 5.39. The van der Waals surface area contributed by atoms with Gasteiger partial charge in [-0.25, -0.2) is 0 Å². The molecule has 0 bridgehead atoms. The number of hydrogen-bond donors (Lipinski definition) is 2. The lowest BCUT2D eigenvalue weighted by molar-refractivity contribution is -0.247. The van der Waals surface area contributed by atoms with Crippen molar-refractivity contribution in [2.24, 2.45) is 62.4 Å². The van der Waals surface area contributed by atoms with Crippen LogP contribution in [-0.2, 0) is 28.5 Å². The molecule has 9 heteroatoms. The molecule has 2 saturated heterocycles. The van der Waals surface area contributed by atoms with Crippen molar-refractivity contribution in [2.75, 3.05) is 26.2 Å². The number of nitrogens with two attached hydrogens (primary N) is 1. The third-order valence-corrected chi connectivity index (χ3v) is 16.5. The molecule has 7 fully saturated rings. The van der Waals surface area contributed by atoms with Crippen LogP contribution >= 0.6 is 0 Å². The Hall–Kier alpha value is -1.26. The van der Waals surface area contributed by atoms with Gasteiger partial charge in [0.2, 0.25) is 5.91 Å². The quantitative estimate of drug-likeness (QED) is 0.350. The van der Waals surface area contributed by atoms with Gasteiger partial charge in [0, 0.05) is 13.5 Å². The first kappa shape index (κ1) is 35.2. The van der Waals surface area contributed by atoms with Gasteiger partial charge in [-0.15, -0.1) is 0 Å². The fraction of sp³-hybridized carbons (Fsp3) is 0.949. The largest absolute Gasteiger partial charge is 0.457 e. The molecule has 2 heterocycles. The Kier molecular flexibility index (Phi) is 8.33. The summed E-state index contributed by atoms with van der Waals surface area (Å²) < 4.78 is 25.6. The number of rotatable bonds is 7. The number of amides is 1. The van der Waals surface area contributed by atoms with Crippen molar-refractivity contribution in [3.8, 4) is 0 Å². The Labute approximate surface area is 288 Å². The number of carbonyl (C=O) groups is 2. The molecule has 5 saturated carbocycles. The zero-order valence-electron chi connectivity index (χ0n) is 31.2. The van der Waals surface area contributed by atoms with E-state index in [2.05, 4.69) is 46.4 Å². The maximum Gasteiger partial charge on any atom is 0.303 e. The fourth-order valence-electron chi connectivity index (χ4n) is 14.7. The summed E-state index contributed by atoms with van der Waals surface area (Å²) in [6, 6.07) is 0. The molecule has 9 nitrogen and oxygen atoms in total. The standard InChI is InChI=1S/C39H64N2O7/c1-22-18-25(33(35(6,7)44)46-24(3)42)47-26-19-37(9)28-11-10-27-34(4,5)29(48-31-21-41(16-17-45-31)20-30(40)43)12-13-38(27)23(2)39(28,38)15-14-36(37,8)32(22)26/h22-23,25-29,31-33,44H,10-21H2,1-9H3,(H2,40,43)/t22-,23-,25?,26?,27?,28?,29+,31?,32?,33+,36-,37+,38-,39+/m1/s1. The lowest BCUT2D eigenvalue weighted by Gasteiger charge is -2.63. The van der Waals surface area contributed by atoms with Crippen LogP contribution in [0.4, 0.5) is 0 Å². The van der Waals surface area contributed by atoms with Crippen molar-refractivity contribution < 1.29 is 33.6 Å². The molecule has 5 aliphatic carbocycles. The van der Waals surface area contributed by atoms with Gasteiger partial charge in [-0.2, -0.15) is 0 Å². The highest BCUT2D eigenvalue weighted by Gasteiger charge is 2.86. The summed E-state index contributed by atoms with van der Waals surface area (Å²) in [6.45, 7) is 22.1. The molecule has 0 aromatic heterocycles. The van der Waals surface area contributed by atoms with E-state index < -0.39 is 11.7 Å². The number of esters is 1. The molecule has 272 valence electrons. The fourth-order valence-corrected chi connectivity index (χ4v) is 14.7. The van der Waals surface area contributed by atoms with Crippen molar-refractivity contribution in [3.05, 3.63) is 0 Å². The highest BCUT2D eigenvalue weighted by molar-refractivity contribution is 5.75. The van der Waals surface area contributed by atoms with E-state index in [0.717, 1.165) is 19.3 Å². The van der Waals surface area contributed by atoms with E-state index in [1.165, 1.54) is 39.0 Å². The van der Waals surface area contributed by atoms with E-state index in [-0.39, 0.29) is 59.3 Å². The molecule has 48 heavy (non-hydrogen) atoms. The minimum atomic E-state index is -1.18. The predicted octanol–water partition coefficient (Wildman–Crippen LogP) is 5.31. The number of hydrogen-bond acceptors (Lipinski definition) is 8. The van der Waals surface area contributed by atoms with Crippen LogP contribution in [0.15, 0.2) is 0 Å². The summed E-state index contributed by atoms with van der Waals surface area (Å²) in [7, 11) is 0. The SMILES string of the molecule is CC(=O)O[C@@H](C1C[C@@H](C)C2C(C[C@@]3(C)C4CCC5C(C)(C)[C@@H](OC6CN(CC(N)=O)CCO6)CC[C@@]56[C@@H](C)[C@@]46CC[C@]23C)O1)C(C)(C)O. The van der Waals surface area contributed by atoms with E-state index in [9.17, 15) is 14.7 Å². The molecule has 2 aliphatic heterocycles. The van der Waals surface area contributed by atoms with Crippen LogP contribution in [0, 0.1) is 56.7 Å². The Morgan fingerprint density at radius 2 is 1.71 bits per heavy atom. The molecule has 6 unspecified atom stereocenters. The summed E-state index contributed by atoms with van der Waals surface area (Å²) >= 11 is 0. The molecular formula is C39H64N2O7. The molecular weight excluding hydrogens is 608 g/mol. The Morgan fingerprint density at radius 3 is 2.38 bits per heavy atom. The van der Waals surface area contributed by atoms with Crippen LogP contribution < -0.4 is 5.73 Å². The Bertz CT molecular complexity index is 1300. The van der Waals surface area contributed by atoms with Crippen molar-refractivity contribution in [3.63, 3.8) is 0 Å². The molecule has 0 aromatic carbocycles. The summed E-state index contributed by atoms with van der Waals surface area (Å²) in [6.07, 6.45) is 8.06. The lowest BCUT2D eigenvalue weighted by atomic mass is 9.41. The summed E-state index contributed by atoms with van der Waals surface area (Å²) in [5.74, 6) is 2.16. The molecule has 14 atom stereocenters. The third-order valence-electron chi connectivity index (χ3n) is 16.5. The van der Waals surface area contributed by atoms with Gasteiger partial charge in [0.1, 0.15) is 0 Å². The number of carbonyl (C=O) groups excluding carboxylic acids is 2. The van der Waals surface area contributed by atoms with Crippen LogP contribution in [-0.4, -0.2) is 84.4 Å². The average Bonchev–Trinajstić information content (AvgIpc) is 3.39. The number of fused-ring (bicyclic) bond motifs is 4. The molecule has 3 N–H and O–H groups in total. The monoisotopic (exact) mass is 672 g/mol. The topological polar surface area (TPSA) is 121 Å². The second-order valence-corrected chi connectivity index (χ2v) is 19.1. The van der Waals surface area contributed by atoms with Crippen molar-refractivity contribution in [1.82, 2.24) is 4.90 Å². The predicted molar refractivity (Wildman–Crippen MR) is 181 cm³/mol. The van der Waals surface area contributed by atoms with E-state index in [1.54, 1.807) is 13.8 Å². The smallest absolute Gasteiger partial charge is 0.303 e. The zero-order chi connectivity index (χ0) is 34.8. The molecule has 1 amide bonds. The maximum atomic E-state index is 12.1. The Balaban J connectivity index is 1.12. The van der Waals surface area contributed by atoms with Gasteiger partial charge in [0.25, 0.3) is 0 Å². The van der Waals surface area contributed by atoms with Gasteiger partial charge in [0.05, 0.1) is 43.6 Å². The first-order valence-electron chi connectivity index (χ1n) is 19.2. The highest BCUT2D eigenvalue weighted by Crippen LogP contribution is 2.91. The van der Waals surface area contributed by atoms with Crippen LogP contribution in [0.3, 0.4) is 0 Å². The van der Waals surface area contributed by atoms with E-state index in [0.29, 0.717) is 60.1 Å². The minimum absolute atomic E-state index is 0.0231. The van der Waals surface area contributed by atoms with E-state index >= 15 is 0 Å². The van der Waals surface area contributed by atoms with Crippen molar-refractivity contribution in [2.45, 2.75) is 150 Å². The van der Waals surface area contributed by atoms with Crippen LogP contribution in [0.1, 0.15) is 114 Å². The second-order valence-electron chi connectivity index (χ2n) is 19.1. The third kappa shape index (κ3) is 4.79. The normalized spacial score (nSPS) is 50.2. The van der Waals surface area contributed by atoms with E-state index in [4.69, 9.17) is 24.7 Å². The summed E-state index contributed by atoms with van der Waals surface area (Å²) in [5, 5.41) is 11.0. The van der Waals surface area contributed by atoms with Crippen LogP contribution in [0.2, 0.25) is 0 Å². The van der Waals surface area contributed by atoms with Gasteiger partial charge < -0.3 is 29.8 Å². The Morgan fingerprint density at radius 1 is 1.02 bits per heavy atom. The van der Waals surface area contributed by atoms with Crippen LogP contribution in [0.5, 0.6) is 0 Å². The van der Waals surface area contributed by atoms with Gasteiger partial charge in [0.15, 0.2) is 12.4 Å². The van der Waals surface area contributed by atoms with Gasteiger partial charge in [-0.1, -0.05) is 41.5 Å². The highest BCUT2D eigenvalue weighted by atomic mass is 16.7. The molecule has 0 radical (unpaired) electrons. The van der Waals surface area contributed by atoms with Gasteiger partial charge in [-0.05, 0) is 122 Å². The van der Waals surface area contributed by atoms with Crippen molar-refractivity contribution >= 4 is 11.9 Å². The first-order chi connectivity index (χ1) is 22.3. The summed E-state index contributed by atoms with van der Waals surface area (Å²) in [4.78, 5) is 25.7. The molecule has 2 spiro atoms. The second kappa shape index (κ2) is 11.4. The van der Waals surface area contributed by atoms with Crippen molar-refractivity contribution in [1.29, 1.82) is 0 Å². The number of aliphatic hydroxyl groups is 1. The molecule has 0 aromatic rings. The lowest BCUT2D eigenvalue weighted by Crippen LogP contribution is -2.59. The number of primary amides is 1. The van der Waals surface area contributed by atoms with Crippen LogP contribution in [0.25, 0.3) is 0 Å². The molecule has 7 rings (SSSR count). The maximum absolute atomic E-state index is 12.1. The minimum Gasteiger partial charge on any atom is -0.457 e. The number of morpholine rings is 1. The number of ether oxygens (including phenoxy) is 4. The van der Waals surface area contributed by atoms with Gasteiger partial charge in [-0.3, -0.25) is 14.5 Å².